The molecule has 0 saturated heterocycles. The van der Waals surface area contributed by atoms with Crippen LogP contribution in [0, 0.1) is 5.92 Å². The first-order chi connectivity index (χ1) is 9.65. The Hall–Kier alpha value is -1.73. The molecule has 0 aliphatic heterocycles. The lowest BCUT2D eigenvalue weighted by molar-refractivity contribution is -0.121. The molecular weight excluding hydrogens is 280 g/mol. The standard InChI is InChI=1S/C12H15ClN6O/c13-9-8-10(16-5-15-8)18-12(17-9)19-11(20)6-3-1-2-4-7(6)14/h5-7H,1-4,14H2,(H2,15,16,17,18,19,20). The molecule has 2 unspecified atom stereocenters. The number of amides is 1. The lowest BCUT2D eigenvalue weighted by atomic mass is 9.84. The third-order valence-corrected chi connectivity index (χ3v) is 3.91. The van der Waals surface area contributed by atoms with Crippen LogP contribution in [-0.2, 0) is 4.79 Å². The molecule has 0 spiro atoms. The highest BCUT2D eigenvalue weighted by Gasteiger charge is 2.28. The number of halogens is 1. The van der Waals surface area contributed by atoms with Gasteiger partial charge in [-0.3, -0.25) is 10.1 Å². The minimum absolute atomic E-state index is 0.103. The molecule has 7 nitrogen and oxygen atoms in total. The van der Waals surface area contributed by atoms with E-state index in [4.69, 9.17) is 17.3 Å². The quantitative estimate of drug-likeness (QED) is 0.726. The molecule has 8 heteroatoms. The summed E-state index contributed by atoms with van der Waals surface area (Å²) < 4.78 is 0. The number of imidazole rings is 1. The second-order valence-corrected chi connectivity index (χ2v) is 5.34. The van der Waals surface area contributed by atoms with Crippen molar-refractivity contribution in [2.75, 3.05) is 5.32 Å². The second kappa shape index (κ2) is 5.34. The molecule has 2 heterocycles. The van der Waals surface area contributed by atoms with Crippen LogP contribution in [0.1, 0.15) is 25.7 Å². The van der Waals surface area contributed by atoms with Crippen LogP contribution >= 0.6 is 11.6 Å². The molecule has 1 fully saturated rings. The number of nitrogens with zero attached hydrogens (tertiary/aromatic N) is 3. The van der Waals surface area contributed by atoms with Crippen LogP contribution in [0.3, 0.4) is 0 Å². The molecule has 2 atom stereocenters. The summed E-state index contributed by atoms with van der Waals surface area (Å²) in [5.74, 6) is -0.179. The molecule has 0 radical (unpaired) electrons. The lowest BCUT2D eigenvalue weighted by Crippen LogP contribution is -2.41. The van der Waals surface area contributed by atoms with Crippen LogP contribution in [-0.4, -0.2) is 31.9 Å². The molecule has 1 aliphatic rings. The minimum atomic E-state index is -0.194. The highest BCUT2D eigenvalue weighted by molar-refractivity contribution is 6.33. The molecule has 0 bridgehead atoms. The first kappa shape index (κ1) is 13.3. The van der Waals surface area contributed by atoms with Gasteiger partial charge in [-0.05, 0) is 12.8 Å². The van der Waals surface area contributed by atoms with Crippen molar-refractivity contribution in [1.82, 2.24) is 19.9 Å². The summed E-state index contributed by atoms with van der Waals surface area (Å²) in [5.41, 5.74) is 6.97. The van der Waals surface area contributed by atoms with Gasteiger partial charge < -0.3 is 10.7 Å². The van der Waals surface area contributed by atoms with Crippen LogP contribution in [0.25, 0.3) is 11.2 Å². The van der Waals surface area contributed by atoms with Crippen LogP contribution < -0.4 is 11.1 Å². The normalized spacial score (nSPS) is 22.9. The van der Waals surface area contributed by atoms with Gasteiger partial charge in [-0.25, -0.2) is 4.98 Å². The number of H-pyrrole nitrogens is 1. The summed E-state index contributed by atoms with van der Waals surface area (Å²) in [7, 11) is 0. The maximum atomic E-state index is 12.2. The van der Waals surface area contributed by atoms with E-state index in [0.29, 0.717) is 11.2 Å². The topological polar surface area (TPSA) is 110 Å². The molecule has 1 saturated carbocycles. The molecular formula is C12H15ClN6O. The maximum absolute atomic E-state index is 12.2. The Bertz CT molecular complexity index is 642. The predicted octanol–water partition coefficient (Wildman–Crippen LogP) is 1.46. The smallest absolute Gasteiger partial charge is 0.233 e. The molecule has 2 aromatic rings. The summed E-state index contributed by atoms with van der Waals surface area (Å²) >= 11 is 6.00. The molecule has 4 N–H and O–H groups in total. The Morgan fingerprint density at radius 1 is 1.40 bits per heavy atom. The molecule has 1 aliphatic carbocycles. The molecule has 20 heavy (non-hydrogen) atoms. The van der Waals surface area contributed by atoms with Crippen molar-refractivity contribution in [3.63, 3.8) is 0 Å². The van der Waals surface area contributed by atoms with Gasteiger partial charge in [-0.2, -0.15) is 9.97 Å². The van der Waals surface area contributed by atoms with Crippen molar-refractivity contribution < 1.29 is 4.79 Å². The predicted molar refractivity (Wildman–Crippen MR) is 75.3 cm³/mol. The number of hydrogen-bond acceptors (Lipinski definition) is 5. The Morgan fingerprint density at radius 3 is 3.00 bits per heavy atom. The number of aromatic nitrogens is 4. The molecule has 106 valence electrons. The Kier molecular flexibility index (Phi) is 3.54. The van der Waals surface area contributed by atoms with E-state index in [1.54, 1.807) is 0 Å². The second-order valence-electron chi connectivity index (χ2n) is 4.98. The van der Waals surface area contributed by atoms with Gasteiger partial charge in [0.2, 0.25) is 11.9 Å². The van der Waals surface area contributed by atoms with Gasteiger partial charge in [-0.1, -0.05) is 24.4 Å². The monoisotopic (exact) mass is 294 g/mol. The van der Waals surface area contributed by atoms with Crippen LogP contribution in [0.5, 0.6) is 0 Å². The zero-order chi connectivity index (χ0) is 14.1. The van der Waals surface area contributed by atoms with Gasteiger partial charge in [0.1, 0.15) is 5.52 Å². The number of hydrogen-bond donors (Lipinski definition) is 3. The highest BCUT2D eigenvalue weighted by atomic mass is 35.5. The number of fused-ring (bicyclic) bond motifs is 1. The average Bonchev–Trinajstić information content (AvgIpc) is 2.88. The molecule has 3 rings (SSSR count). The van der Waals surface area contributed by atoms with Gasteiger partial charge in [0, 0.05) is 6.04 Å². The zero-order valence-electron chi connectivity index (χ0n) is 10.8. The van der Waals surface area contributed by atoms with Gasteiger partial charge in [-0.15, -0.1) is 0 Å². The Morgan fingerprint density at radius 2 is 2.20 bits per heavy atom. The van der Waals surface area contributed by atoms with Crippen molar-refractivity contribution in [1.29, 1.82) is 0 Å². The highest BCUT2D eigenvalue weighted by Crippen LogP contribution is 2.24. The number of rotatable bonds is 2. The number of aromatic amines is 1. The molecule has 1 amide bonds. The van der Waals surface area contributed by atoms with E-state index >= 15 is 0 Å². The minimum Gasteiger partial charge on any atom is -0.341 e. The van der Waals surface area contributed by atoms with Gasteiger partial charge >= 0.3 is 0 Å². The summed E-state index contributed by atoms with van der Waals surface area (Å²) in [4.78, 5) is 27.3. The van der Waals surface area contributed by atoms with E-state index in [1.165, 1.54) is 6.33 Å². The van der Waals surface area contributed by atoms with Crippen LogP contribution in [0.2, 0.25) is 5.15 Å². The molecule has 0 aromatic carbocycles. The number of nitrogens with one attached hydrogen (secondary N) is 2. The third kappa shape index (κ3) is 2.46. The number of carbonyl (C=O) groups is 1. The van der Waals surface area contributed by atoms with Crippen LogP contribution in [0.4, 0.5) is 5.95 Å². The number of anilines is 1. The Balaban J connectivity index is 1.80. The van der Waals surface area contributed by atoms with E-state index in [1.807, 2.05) is 0 Å². The number of nitrogens with two attached hydrogens (primary N) is 1. The summed E-state index contributed by atoms with van der Waals surface area (Å²) in [5, 5.41) is 2.92. The van der Waals surface area contributed by atoms with E-state index in [2.05, 4.69) is 25.3 Å². The van der Waals surface area contributed by atoms with Gasteiger partial charge in [0.25, 0.3) is 0 Å². The summed E-state index contributed by atoms with van der Waals surface area (Å²) in [6.45, 7) is 0. The Labute approximate surface area is 120 Å². The van der Waals surface area contributed by atoms with Gasteiger partial charge in [0.15, 0.2) is 10.8 Å². The zero-order valence-corrected chi connectivity index (χ0v) is 11.5. The number of carbonyl (C=O) groups excluding carboxylic acids is 1. The van der Waals surface area contributed by atoms with E-state index in [9.17, 15) is 4.79 Å². The largest absolute Gasteiger partial charge is 0.341 e. The van der Waals surface area contributed by atoms with Gasteiger partial charge in [0.05, 0.1) is 12.2 Å². The SMILES string of the molecule is NC1CCCCC1C(=O)Nc1nc(Cl)c2[nH]cnc2n1. The van der Waals surface area contributed by atoms with Crippen molar-refractivity contribution in [3.8, 4) is 0 Å². The van der Waals surface area contributed by atoms with Crippen molar-refractivity contribution in [2.45, 2.75) is 31.7 Å². The van der Waals surface area contributed by atoms with E-state index in [0.717, 1.165) is 25.7 Å². The first-order valence-corrected chi connectivity index (χ1v) is 6.96. The first-order valence-electron chi connectivity index (χ1n) is 6.58. The fourth-order valence-corrected chi connectivity index (χ4v) is 2.76. The summed E-state index contributed by atoms with van der Waals surface area (Å²) in [6.07, 6.45) is 5.25. The lowest BCUT2D eigenvalue weighted by Gasteiger charge is -2.27. The average molecular weight is 295 g/mol. The van der Waals surface area contributed by atoms with Crippen molar-refractivity contribution in [2.24, 2.45) is 11.7 Å². The third-order valence-electron chi connectivity index (χ3n) is 3.63. The van der Waals surface area contributed by atoms with E-state index < -0.39 is 0 Å². The fraction of sp³-hybridized carbons (Fsp3) is 0.500. The van der Waals surface area contributed by atoms with Crippen molar-refractivity contribution in [3.05, 3.63) is 11.5 Å². The molecule has 2 aromatic heterocycles. The fourth-order valence-electron chi connectivity index (χ4n) is 2.54. The van der Waals surface area contributed by atoms with Crippen LogP contribution in [0.15, 0.2) is 6.33 Å². The maximum Gasteiger partial charge on any atom is 0.233 e. The van der Waals surface area contributed by atoms with E-state index in [-0.39, 0.29) is 29.0 Å². The van der Waals surface area contributed by atoms with Crippen molar-refractivity contribution >= 4 is 34.6 Å². The summed E-state index contributed by atoms with van der Waals surface area (Å²) in [6, 6.07) is -0.103.